The number of rotatable bonds is 14. The number of fused-ring (bicyclic) bond motifs is 2. The first-order chi connectivity index (χ1) is 34.3. The zero-order valence-corrected chi connectivity index (χ0v) is 39.4. The minimum atomic E-state index is -0.550. The van der Waals surface area contributed by atoms with E-state index in [1.165, 1.54) is 0 Å². The second kappa shape index (κ2) is 20.7. The van der Waals surface area contributed by atoms with Gasteiger partial charge in [0.1, 0.15) is 0 Å². The van der Waals surface area contributed by atoms with Crippen molar-refractivity contribution in [2.45, 2.75) is 27.7 Å². The molecule has 0 saturated heterocycles. The molecule has 0 atom stereocenters. The van der Waals surface area contributed by atoms with Crippen molar-refractivity contribution in [1.29, 1.82) is 0 Å². The van der Waals surface area contributed by atoms with Gasteiger partial charge in [-0.25, -0.2) is 19.2 Å². The molecule has 4 aliphatic carbocycles. The third-order valence-electron chi connectivity index (χ3n) is 12.3. The van der Waals surface area contributed by atoms with Gasteiger partial charge in [-0.3, -0.25) is 0 Å². The van der Waals surface area contributed by atoms with Crippen molar-refractivity contribution in [2.75, 3.05) is 26.4 Å². The van der Waals surface area contributed by atoms with E-state index in [4.69, 9.17) is 18.9 Å². The molecule has 0 unspecified atom stereocenters. The van der Waals surface area contributed by atoms with Crippen molar-refractivity contribution in [3.63, 3.8) is 0 Å². The minimum Gasteiger partial charge on any atom is -0.462 e. The van der Waals surface area contributed by atoms with Gasteiger partial charge < -0.3 is 18.9 Å². The Hall–Kier alpha value is -8.62. The topological polar surface area (TPSA) is 105 Å². The maximum absolute atomic E-state index is 13.6. The van der Waals surface area contributed by atoms with Gasteiger partial charge in [0.15, 0.2) is 0 Å². The zero-order valence-electron chi connectivity index (χ0n) is 39.4. The number of hydrogen-bond donors (Lipinski definition) is 0. The van der Waals surface area contributed by atoms with Crippen LogP contribution in [-0.2, 0) is 18.9 Å². The molecule has 5 aromatic rings. The van der Waals surface area contributed by atoms with E-state index in [-0.39, 0.29) is 48.7 Å². The standard InChI is InChI=1S/C62H50O8/c1-5-67-59(63)49-37-50(60(64)68-6-2)46-34-30-43(29-33-45(46)49)57-55(41-25-17-11-18-26-41)53(39-21-13-9-14-22-39)54(40-23-15-10-16-24-40)56(42-27-19-12-20-28-42)58(57)44-31-35-47-48(36-32-44)52(62(66)70-8-4)38-51(47)61(65)69-7-3/h9-38H,5-8H2,1-4H3. The Bertz CT molecular complexity index is 2980. The monoisotopic (exact) mass is 922 g/mol. The number of ether oxygens (including phenoxy) is 4. The summed E-state index contributed by atoms with van der Waals surface area (Å²) in [4.78, 5) is 54.6. The van der Waals surface area contributed by atoms with Crippen LogP contribution >= 0.6 is 0 Å². The van der Waals surface area contributed by atoms with E-state index >= 15 is 0 Å². The Kier molecular flexibility index (Phi) is 13.8. The fraction of sp³-hybridized carbons (Fsp3) is 0.129. The highest BCUT2D eigenvalue weighted by Crippen LogP contribution is 2.56. The molecule has 9 rings (SSSR count). The SMILES string of the molecule is CCOC(=O)c1cc(C(=O)OCC)c2ccc(-c3c(-c4ccccc4)c(-c4ccccc4)c(-c4ccccc4)c(-c4ccccc4)c3-c3ccc4c(C(=O)OCC)cc(C(=O)OCC)c-4cc3)ccc1-2. The average Bonchev–Trinajstić information content (AvgIpc) is 3.77. The Labute approximate surface area is 407 Å². The first-order valence-corrected chi connectivity index (χ1v) is 23.6. The summed E-state index contributed by atoms with van der Waals surface area (Å²) in [6, 6.07) is 59.9. The second-order valence-electron chi connectivity index (χ2n) is 16.4. The van der Waals surface area contributed by atoms with Crippen LogP contribution in [0.1, 0.15) is 69.1 Å². The predicted octanol–water partition coefficient (Wildman–Crippen LogP) is 14.6. The Balaban J connectivity index is 1.52. The lowest BCUT2D eigenvalue weighted by Crippen LogP contribution is -2.05. The molecular formula is C62H50O8. The first-order valence-electron chi connectivity index (χ1n) is 23.6. The number of hydrogen-bond acceptors (Lipinski definition) is 8. The summed E-state index contributed by atoms with van der Waals surface area (Å²) in [6.07, 6.45) is 0. The molecular weight excluding hydrogens is 873 g/mol. The third kappa shape index (κ3) is 8.83. The lowest BCUT2D eigenvalue weighted by atomic mass is 9.74. The third-order valence-corrected chi connectivity index (χ3v) is 12.3. The van der Waals surface area contributed by atoms with Crippen LogP contribution in [0.4, 0.5) is 0 Å². The molecule has 0 aliphatic heterocycles. The number of esters is 4. The van der Waals surface area contributed by atoms with E-state index in [0.717, 1.165) is 66.8 Å². The Morgan fingerprint density at radius 3 is 0.643 bits per heavy atom. The zero-order chi connectivity index (χ0) is 48.7. The van der Waals surface area contributed by atoms with Crippen LogP contribution in [0.3, 0.4) is 0 Å². The smallest absolute Gasteiger partial charge is 0.338 e. The second-order valence-corrected chi connectivity index (χ2v) is 16.4. The van der Waals surface area contributed by atoms with E-state index in [9.17, 15) is 19.2 Å². The molecule has 0 spiro atoms. The van der Waals surface area contributed by atoms with Crippen molar-refractivity contribution >= 4 is 23.9 Å². The normalized spacial score (nSPS) is 11.0. The van der Waals surface area contributed by atoms with Crippen LogP contribution in [0.25, 0.3) is 89.0 Å². The number of carbonyl (C=O) groups is 4. The van der Waals surface area contributed by atoms with Gasteiger partial charge in [0.05, 0.1) is 48.7 Å². The van der Waals surface area contributed by atoms with Crippen molar-refractivity contribution in [3.8, 4) is 89.0 Å². The van der Waals surface area contributed by atoms with Gasteiger partial charge in [-0.1, -0.05) is 170 Å². The molecule has 0 radical (unpaired) electrons. The fourth-order valence-electron chi connectivity index (χ4n) is 9.45. The molecule has 0 heterocycles. The van der Waals surface area contributed by atoms with Gasteiger partial charge in [-0.2, -0.15) is 0 Å². The summed E-state index contributed by atoms with van der Waals surface area (Å²) in [5, 5.41) is 0. The Morgan fingerprint density at radius 2 is 0.457 bits per heavy atom. The van der Waals surface area contributed by atoms with Crippen LogP contribution in [0.5, 0.6) is 0 Å². The summed E-state index contributed by atoms with van der Waals surface area (Å²) in [5.74, 6) is -2.20. The summed E-state index contributed by atoms with van der Waals surface area (Å²) in [7, 11) is 0. The van der Waals surface area contributed by atoms with Gasteiger partial charge >= 0.3 is 23.9 Å². The van der Waals surface area contributed by atoms with Crippen molar-refractivity contribution in [3.05, 3.63) is 204 Å². The van der Waals surface area contributed by atoms with E-state index in [1.54, 1.807) is 39.8 Å². The highest BCUT2D eigenvalue weighted by atomic mass is 16.5. The van der Waals surface area contributed by atoms with Crippen LogP contribution in [-0.4, -0.2) is 50.3 Å². The molecule has 0 bridgehead atoms. The molecule has 0 amide bonds. The van der Waals surface area contributed by atoms with Gasteiger partial charge in [-0.05, 0) is 129 Å². The molecule has 4 aliphatic rings. The quantitative estimate of drug-likeness (QED) is 0.0784. The van der Waals surface area contributed by atoms with Crippen LogP contribution in [0.2, 0.25) is 0 Å². The summed E-state index contributed by atoms with van der Waals surface area (Å²) in [5.41, 5.74) is 14.0. The minimum absolute atomic E-state index is 0.153. The van der Waals surface area contributed by atoms with Crippen molar-refractivity contribution in [1.82, 2.24) is 0 Å². The number of benzene rings is 5. The molecule has 5 aromatic carbocycles. The van der Waals surface area contributed by atoms with Crippen LogP contribution < -0.4 is 0 Å². The highest BCUT2D eigenvalue weighted by molar-refractivity contribution is 6.16. The molecule has 0 aromatic heterocycles. The molecule has 8 heteroatoms. The molecule has 0 N–H and O–H groups in total. The lowest BCUT2D eigenvalue weighted by Gasteiger charge is -2.28. The van der Waals surface area contributed by atoms with E-state index in [1.807, 2.05) is 121 Å². The van der Waals surface area contributed by atoms with E-state index in [0.29, 0.717) is 22.3 Å². The molecule has 346 valence electrons. The maximum Gasteiger partial charge on any atom is 0.338 e. The Morgan fingerprint density at radius 1 is 0.271 bits per heavy atom. The van der Waals surface area contributed by atoms with Crippen molar-refractivity contribution in [2.24, 2.45) is 0 Å². The van der Waals surface area contributed by atoms with Crippen molar-refractivity contribution < 1.29 is 38.1 Å². The fourth-order valence-corrected chi connectivity index (χ4v) is 9.45. The molecule has 0 saturated carbocycles. The van der Waals surface area contributed by atoms with Gasteiger partial charge in [-0.15, -0.1) is 0 Å². The largest absolute Gasteiger partial charge is 0.462 e. The lowest BCUT2D eigenvalue weighted by molar-refractivity contribution is 0.0511. The summed E-state index contributed by atoms with van der Waals surface area (Å²) in [6.45, 7) is 7.60. The van der Waals surface area contributed by atoms with Gasteiger partial charge in [0, 0.05) is 0 Å². The summed E-state index contributed by atoms with van der Waals surface area (Å²) >= 11 is 0. The van der Waals surface area contributed by atoms with E-state index in [2.05, 4.69) is 48.5 Å². The average molecular weight is 923 g/mol. The van der Waals surface area contributed by atoms with Gasteiger partial charge in [0.2, 0.25) is 0 Å². The number of carbonyl (C=O) groups excluding carboxylic acids is 4. The summed E-state index contributed by atoms with van der Waals surface area (Å²) < 4.78 is 22.1. The maximum atomic E-state index is 13.6. The van der Waals surface area contributed by atoms with E-state index < -0.39 is 23.9 Å². The van der Waals surface area contributed by atoms with Crippen LogP contribution in [0, 0.1) is 0 Å². The molecule has 0 fully saturated rings. The molecule has 8 nitrogen and oxygen atoms in total. The highest BCUT2D eigenvalue weighted by Gasteiger charge is 2.32. The first kappa shape index (κ1) is 46.5. The van der Waals surface area contributed by atoms with Gasteiger partial charge in [0.25, 0.3) is 0 Å². The van der Waals surface area contributed by atoms with Crippen LogP contribution in [0.15, 0.2) is 182 Å². The predicted molar refractivity (Wildman–Crippen MR) is 276 cm³/mol. The molecule has 70 heavy (non-hydrogen) atoms.